The van der Waals surface area contributed by atoms with E-state index in [1.807, 2.05) is 33.3 Å². The van der Waals surface area contributed by atoms with Crippen LogP contribution in [0.1, 0.15) is 297 Å². The maximum absolute atomic E-state index is 13.5. The molecule has 0 spiro atoms. The number of unbranched alkanes of at least 4 members (excludes halogenated alkanes) is 33. The van der Waals surface area contributed by atoms with Crippen LogP contribution in [0.3, 0.4) is 0 Å². The summed E-state index contributed by atoms with van der Waals surface area (Å²) in [6.45, 7) is 6.88. The summed E-state index contributed by atoms with van der Waals surface area (Å²) in [5.41, 5.74) is 0. The monoisotopic (exact) mass is 1110 g/mol. The van der Waals surface area contributed by atoms with E-state index in [-0.39, 0.29) is 31.5 Å². The van der Waals surface area contributed by atoms with E-state index in [1.54, 1.807) is 0 Å². The first-order valence-corrected chi connectivity index (χ1v) is 34.3. The van der Waals surface area contributed by atoms with Gasteiger partial charge in [-0.1, -0.05) is 261 Å². The number of carbonyl (C=O) groups excluding carboxylic acids is 2. The van der Waals surface area contributed by atoms with Crippen molar-refractivity contribution in [1.29, 1.82) is 0 Å². The Morgan fingerprint density at radius 1 is 0.462 bits per heavy atom. The van der Waals surface area contributed by atoms with Crippen LogP contribution >= 0.6 is 7.82 Å². The van der Waals surface area contributed by atoms with Crippen molar-refractivity contribution >= 4 is 19.7 Å². The predicted octanol–water partition coefficient (Wildman–Crippen LogP) is 20.4. The summed E-state index contributed by atoms with van der Waals surface area (Å²) in [7, 11) is 1.49. The fourth-order valence-electron chi connectivity index (χ4n) is 9.34. The fraction of sp³-hybridized carbons (Fsp3) is 0.794. The Bertz CT molecular complexity index is 1570. The Morgan fingerprint density at radius 2 is 0.821 bits per heavy atom. The molecule has 0 aromatic rings. The van der Waals surface area contributed by atoms with Gasteiger partial charge >= 0.3 is 13.8 Å². The Balaban J connectivity index is 5.07. The molecule has 3 unspecified atom stereocenters. The number of nitrogens with one attached hydrogen (secondary N) is 1. The number of hydrogen-bond donors (Lipinski definition) is 2. The zero-order valence-corrected chi connectivity index (χ0v) is 52.8. The van der Waals surface area contributed by atoms with Crippen LogP contribution in [0, 0.1) is 0 Å². The Morgan fingerprint density at radius 3 is 1.26 bits per heavy atom. The molecular weight excluding hydrogens is 988 g/mol. The van der Waals surface area contributed by atoms with Gasteiger partial charge in [0.05, 0.1) is 33.8 Å². The van der Waals surface area contributed by atoms with Crippen molar-refractivity contribution in [1.82, 2.24) is 5.32 Å². The van der Waals surface area contributed by atoms with Crippen LogP contribution < -0.4 is 5.32 Å². The summed E-state index contributed by atoms with van der Waals surface area (Å²) < 4.78 is 30.7. The van der Waals surface area contributed by atoms with Gasteiger partial charge in [0.1, 0.15) is 19.3 Å². The van der Waals surface area contributed by atoms with Gasteiger partial charge in [-0.15, -0.1) is 0 Å². The molecule has 78 heavy (non-hydrogen) atoms. The molecule has 0 bridgehead atoms. The van der Waals surface area contributed by atoms with E-state index in [0.717, 1.165) is 96.3 Å². The van der Waals surface area contributed by atoms with Gasteiger partial charge in [-0.05, 0) is 96.0 Å². The van der Waals surface area contributed by atoms with Crippen LogP contribution in [0.25, 0.3) is 0 Å². The van der Waals surface area contributed by atoms with Crippen LogP contribution in [-0.4, -0.2) is 74.3 Å². The molecule has 0 saturated heterocycles. The van der Waals surface area contributed by atoms with E-state index >= 15 is 0 Å². The van der Waals surface area contributed by atoms with E-state index in [1.165, 1.54) is 167 Å². The first kappa shape index (κ1) is 75.5. The van der Waals surface area contributed by atoms with Crippen LogP contribution in [0.4, 0.5) is 0 Å². The second-order valence-corrected chi connectivity index (χ2v) is 24.7. The maximum atomic E-state index is 13.5. The third-order valence-corrected chi connectivity index (χ3v) is 15.4. The predicted molar refractivity (Wildman–Crippen MR) is 337 cm³/mol. The Hall–Kier alpha value is -2.55. The van der Waals surface area contributed by atoms with Crippen molar-refractivity contribution in [3.05, 3.63) is 72.9 Å². The number of likely N-dealkylation sites (N-methyl/N-ethyl adjacent to an activating group) is 1. The van der Waals surface area contributed by atoms with E-state index < -0.39 is 20.0 Å². The Labute approximate surface area is 483 Å². The highest BCUT2D eigenvalue weighted by atomic mass is 31.2. The van der Waals surface area contributed by atoms with Crippen molar-refractivity contribution < 1.29 is 37.3 Å². The normalized spacial score (nSPS) is 14.1. The number of phosphoric ester groups is 1. The van der Waals surface area contributed by atoms with Crippen molar-refractivity contribution in [2.75, 3.05) is 40.9 Å². The Kier molecular flexibility index (Phi) is 55.8. The summed E-state index contributed by atoms with van der Waals surface area (Å²) in [6.07, 6.45) is 74.8. The first-order chi connectivity index (χ1) is 37.9. The highest BCUT2D eigenvalue weighted by Crippen LogP contribution is 2.43. The molecule has 9 nitrogen and oxygen atoms in total. The van der Waals surface area contributed by atoms with Crippen LogP contribution in [0.15, 0.2) is 72.9 Å². The van der Waals surface area contributed by atoms with Gasteiger partial charge in [-0.2, -0.15) is 0 Å². The molecule has 0 saturated carbocycles. The number of allylic oxidation sites excluding steroid dienone is 11. The lowest BCUT2D eigenvalue weighted by Gasteiger charge is -2.27. The minimum Gasteiger partial charge on any atom is -0.456 e. The van der Waals surface area contributed by atoms with Crippen molar-refractivity contribution in [3.8, 4) is 0 Å². The quantitative estimate of drug-likeness (QED) is 0.0205. The molecule has 0 aliphatic rings. The molecule has 0 fully saturated rings. The summed E-state index contributed by atoms with van der Waals surface area (Å²) in [5, 5.41) is 3.05. The summed E-state index contributed by atoms with van der Waals surface area (Å²) in [4.78, 5) is 37.7. The van der Waals surface area contributed by atoms with Crippen molar-refractivity contribution in [3.63, 3.8) is 0 Å². The standard InChI is InChI=1S/C68H125N2O7P/c1-7-10-13-16-19-22-25-27-29-31-32-33-34-35-36-37-38-39-41-43-46-49-52-55-58-61-68(72)77-66(59-56-53-50-47-44-24-21-18-15-12-9-3)65(64-76-78(73,74)75-63-62-70(4,5)6)69-67(71)60-57-54-51-48-45-42-40-30-28-26-23-20-17-14-11-8-2/h11,14,19-20,22-23,27-30,56,59,65-66H,7-10,12-13,15-18,21,24-26,31-55,57-58,60-64H2,1-6H3,(H-,69,71,73,74)/p+1/b14-11+,22-19-,23-20+,29-27-,30-28+,59-56-. The molecule has 10 heteroatoms. The zero-order valence-electron chi connectivity index (χ0n) is 51.9. The number of nitrogens with zero attached hydrogens (tertiary/aromatic N) is 1. The number of carbonyl (C=O) groups is 2. The van der Waals surface area contributed by atoms with Crippen LogP contribution in [-0.2, 0) is 27.9 Å². The lowest BCUT2D eigenvalue weighted by Crippen LogP contribution is -2.47. The van der Waals surface area contributed by atoms with Crippen LogP contribution in [0.5, 0.6) is 0 Å². The minimum atomic E-state index is -4.45. The molecule has 0 aromatic heterocycles. The van der Waals surface area contributed by atoms with Gasteiger partial charge in [-0.25, -0.2) is 4.57 Å². The molecule has 3 atom stereocenters. The van der Waals surface area contributed by atoms with Crippen LogP contribution in [0.2, 0.25) is 0 Å². The zero-order chi connectivity index (χ0) is 57.2. The molecular formula is C68H126N2O7P+. The molecule has 0 aromatic carbocycles. The molecule has 454 valence electrons. The van der Waals surface area contributed by atoms with Gasteiger partial charge in [0, 0.05) is 12.8 Å². The number of esters is 1. The van der Waals surface area contributed by atoms with Gasteiger partial charge < -0.3 is 19.4 Å². The van der Waals surface area contributed by atoms with Gasteiger partial charge in [-0.3, -0.25) is 18.6 Å². The number of rotatable bonds is 59. The molecule has 0 aliphatic carbocycles. The van der Waals surface area contributed by atoms with Gasteiger partial charge in [0.15, 0.2) is 0 Å². The summed E-state index contributed by atoms with van der Waals surface area (Å²) in [6, 6.07) is -0.856. The van der Waals surface area contributed by atoms with Gasteiger partial charge in [0.25, 0.3) is 0 Å². The second kappa shape index (κ2) is 57.7. The SMILES string of the molecule is CC/C=C/C/C=C/C/C=C/CCCCCCCCC(=O)NC(COP(=O)(O)OCC[N+](C)(C)C)C(/C=C\CCCCCCCCCCC)OC(=O)CCCCCCCCCCCCCCCCC/C=C\C/C=C\CCCCC. The fourth-order valence-corrected chi connectivity index (χ4v) is 10.1. The average molecular weight is 1110 g/mol. The number of hydrogen-bond acceptors (Lipinski definition) is 6. The molecule has 0 heterocycles. The van der Waals surface area contributed by atoms with E-state index in [4.69, 9.17) is 13.8 Å². The molecule has 0 rings (SSSR count). The third kappa shape index (κ3) is 58.1. The van der Waals surface area contributed by atoms with Crippen molar-refractivity contribution in [2.45, 2.75) is 309 Å². The van der Waals surface area contributed by atoms with Gasteiger partial charge in [0.2, 0.25) is 5.91 Å². The second-order valence-electron chi connectivity index (χ2n) is 23.3. The number of amides is 1. The third-order valence-electron chi connectivity index (χ3n) is 14.4. The molecule has 0 aliphatic heterocycles. The maximum Gasteiger partial charge on any atom is 0.472 e. The average Bonchev–Trinajstić information content (AvgIpc) is 3.40. The molecule has 0 radical (unpaired) electrons. The topological polar surface area (TPSA) is 111 Å². The minimum absolute atomic E-state index is 0.0360. The lowest BCUT2D eigenvalue weighted by atomic mass is 10.0. The highest BCUT2D eigenvalue weighted by molar-refractivity contribution is 7.47. The molecule has 1 amide bonds. The first-order valence-electron chi connectivity index (χ1n) is 32.8. The largest absolute Gasteiger partial charge is 0.472 e. The number of ether oxygens (including phenoxy) is 1. The lowest BCUT2D eigenvalue weighted by molar-refractivity contribution is -0.870. The van der Waals surface area contributed by atoms with Crippen molar-refractivity contribution in [2.24, 2.45) is 0 Å². The smallest absolute Gasteiger partial charge is 0.456 e. The highest BCUT2D eigenvalue weighted by Gasteiger charge is 2.30. The van der Waals surface area contributed by atoms with E-state index in [0.29, 0.717) is 17.4 Å². The van der Waals surface area contributed by atoms with E-state index in [2.05, 4.69) is 86.8 Å². The number of phosphoric acid groups is 1. The molecule has 2 N–H and O–H groups in total. The summed E-state index contributed by atoms with van der Waals surface area (Å²) in [5.74, 6) is -0.515. The number of quaternary nitrogens is 1. The summed E-state index contributed by atoms with van der Waals surface area (Å²) >= 11 is 0. The van der Waals surface area contributed by atoms with E-state index in [9.17, 15) is 19.0 Å².